The van der Waals surface area contributed by atoms with Crippen molar-refractivity contribution in [2.24, 2.45) is 0 Å². The average molecular weight is 349 g/mol. The SMILES string of the molecule is CCc1noc(C)c1NC(=O)N1CCCC(c2cc(F)ccc2F)C1. The monoisotopic (exact) mass is 349 g/mol. The van der Waals surface area contributed by atoms with E-state index in [9.17, 15) is 13.6 Å². The molecular weight excluding hydrogens is 328 g/mol. The van der Waals surface area contributed by atoms with Crippen molar-refractivity contribution < 1.29 is 18.1 Å². The first kappa shape index (κ1) is 17.4. The number of piperidine rings is 1. The minimum atomic E-state index is -0.467. The summed E-state index contributed by atoms with van der Waals surface area (Å²) in [5.74, 6) is -0.568. The van der Waals surface area contributed by atoms with Crippen LogP contribution in [0, 0.1) is 18.6 Å². The average Bonchev–Trinajstić information content (AvgIpc) is 2.97. The van der Waals surface area contributed by atoms with Crippen LogP contribution in [-0.4, -0.2) is 29.2 Å². The van der Waals surface area contributed by atoms with E-state index in [-0.39, 0.29) is 11.9 Å². The lowest BCUT2D eigenvalue weighted by atomic mass is 9.90. The molecule has 1 N–H and O–H groups in total. The highest BCUT2D eigenvalue weighted by Gasteiger charge is 2.28. The molecule has 5 nitrogen and oxygen atoms in total. The third-order valence-corrected chi connectivity index (χ3v) is 4.61. The molecule has 1 unspecified atom stereocenters. The molecule has 2 aromatic rings. The topological polar surface area (TPSA) is 58.4 Å². The second-order valence-corrected chi connectivity index (χ2v) is 6.30. The Morgan fingerprint density at radius 1 is 1.44 bits per heavy atom. The molecule has 2 heterocycles. The number of likely N-dealkylation sites (tertiary alicyclic amines) is 1. The normalized spacial score (nSPS) is 17.6. The fourth-order valence-electron chi connectivity index (χ4n) is 3.25. The van der Waals surface area contributed by atoms with Gasteiger partial charge in [-0.3, -0.25) is 0 Å². The third-order valence-electron chi connectivity index (χ3n) is 4.61. The van der Waals surface area contributed by atoms with Gasteiger partial charge in [0.05, 0.1) is 0 Å². The quantitative estimate of drug-likeness (QED) is 0.902. The van der Waals surface area contributed by atoms with Crippen molar-refractivity contribution in [2.45, 2.75) is 39.0 Å². The van der Waals surface area contributed by atoms with Crippen molar-refractivity contribution in [1.82, 2.24) is 10.1 Å². The van der Waals surface area contributed by atoms with Crippen molar-refractivity contribution in [1.29, 1.82) is 0 Å². The highest BCUT2D eigenvalue weighted by Crippen LogP contribution is 2.30. The van der Waals surface area contributed by atoms with E-state index < -0.39 is 11.6 Å². The standard InChI is InChI=1S/C18H21F2N3O2/c1-3-16-17(11(2)25-22-16)21-18(24)23-8-4-5-12(10-23)14-9-13(19)6-7-15(14)20/h6-7,9,12H,3-5,8,10H2,1-2H3,(H,21,24). The summed E-state index contributed by atoms with van der Waals surface area (Å²) >= 11 is 0. The first-order chi connectivity index (χ1) is 12.0. The number of aromatic nitrogens is 1. The van der Waals surface area contributed by atoms with Crippen molar-refractivity contribution in [3.05, 3.63) is 46.9 Å². The van der Waals surface area contributed by atoms with Crippen LogP contribution < -0.4 is 5.32 Å². The van der Waals surface area contributed by atoms with Gasteiger partial charge in [0.15, 0.2) is 5.76 Å². The van der Waals surface area contributed by atoms with Gasteiger partial charge in [-0.05, 0) is 49.9 Å². The van der Waals surface area contributed by atoms with E-state index in [2.05, 4.69) is 10.5 Å². The fraction of sp³-hybridized carbons (Fsp3) is 0.444. The molecule has 3 rings (SSSR count). The van der Waals surface area contributed by atoms with Crippen molar-refractivity contribution >= 4 is 11.7 Å². The molecule has 0 aliphatic carbocycles. The van der Waals surface area contributed by atoms with E-state index in [1.54, 1.807) is 11.8 Å². The van der Waals surface area contributed by atoms with Crippen molar-refractivity contribution in [3.63, 3.8) is 0 Å². The van der Waals surface area contributed by atoms with Gasteiger partial charge in [-0.15, -0.1) is 0 Å². The van der Waals surface area contributed by atoms with Gasteiger partial charge in [0.1, 0.15) is 23.0 Å². The van der Waals surface area contributed by atoms with Gasteiger partial charge in [-0.1, -0.05) is 12.1 Å². The molecule has 0 bridgehead atoms. The summed E-state index contributed by atoms with van der Waals surface area (Å²) in [5.41, 5.74) is 1.61. The number of nitrogens with one attached hydrogen (secondary N) is 1. The van der Waals surface area contributed by atoms with Crippen LogP contribution in [0.15, 0.2) is 22.7 Å². The van der Waals surface area contributed by atoms with E-state index in [4.69, 9.17) is 4.52 Å². The summed E-state index contributed by atoms with van der Waals surface area (Å²) in [4.78, 5) is 14.2. The Bertz CT molecular complexity index is 776. The number of aryl methyl sites for hydroxylation is 2. The molecule has 1 aliphatic heterocycles. The number of halogens is 2. The molecule has 1 aromatic heterocycles. The van der Waals surface area contributed by atoms with Gasteiger partial charge in [-0.25, -0.2) is 13.6 Å². The fourth-order valence-corrected chi connectivity index (χ4v) is 3.25. The maximum absolute atomic E-state index is 14.0. The Morgan fingerprint density at radius 2 is 2.24 bits per heavy atom. The summed E-state index contributed by atoms with van der Waals surface area (Å²) in [5, 5.41) is 6.76. The molecular formula is C18H21F2N3O2. The maximum atomic E-state index is 14.0. The van der Waals surface area contributed by atoms with Crippen LogP contribution in [-0.2, 0) is 6.42 Å². The molecule has 0 saturated carbocycles. The number of carbonyl (C=O) groups is 1. The van der Waals surface area contributed by atoms with Gasteiger partial charge in [0.25, 0.3) is 0 Å². The number of benzene rings is 1. The van der Waals surface area contributed by atoms with E-state index in [0.717, 1.165) is 25.0 Å². The minimum absolute atomic E-state index is 0.218. The van der Waals surface area contributed by atoms with E-state index in [1.165, 1.54) is 6.07 Å². The Hall–Kier alpha value is -2.44. The number of anilines is 1. The Morgan fingerprint density at radius 3 is 3.00 bits per heavy atom. The molecule has 0 radical (unpaired) electrons. The second kappa shape index (κ2) is 7.21. The lowest BCUT2D eigenvalue weighted by Gasteiger charge is -2.33. The molecule has 25 heavy (non-hydrogen) atoms. The lowest BCUT2D eigenvalue weighted by Crippen LogP contribution is -2.42. The molecule has 1 atom stereocenters. The van der Waals surface area contributed by atoms with E-state index in [0.29, 0.717) is 42.2 Å². The zero-order valence-corrected chi connectivity index (χ0v) is 14.3. The van der Waals surface area contributed by atoms with Gasteiger partial charge in [0.2, 0.25) is 0 Å². The molecule has 2 amide bonds. The van der Waals surface area contributed by atoms with Crippen molar-refractivity contribution in [2.75, 3.05) is 18.4 Å². The maximum Gasteiger partial charge on any atom is 0.322 e. The number of amides is 2. The Kier molecular flexibility index (Phi) is 5.01. The summed E-state index contributed by atoms with van der Waals surface area (Å²) < 4.78 is 32.6. The smallest absolute Gasteiger partial charge is 0.322 e. The van der Waals surface area contributed by atoms with Gasteiger partial charge < -0.3 is 14.7 Å². The molecule has 1 aliphatic rings. The van der Waals surface area contributed by atoms with Crippen LogP contribution in [0.25, 0.3) is 0 Å². The highest BCUT2D eigenvalue weighted by atomic mass is 19.1. The molecule has 134 valence electrons. The van der Waals surface area contributed by atoms with Crippen LogP contribution in [0.1, 0.15) is 42.7 Å². The second-order valence-electron chi connectivity index (χ2n) is 6.30. The molecule has 1 saturated heterocycles. The van der Waals surface area contributed by atoms with Crippen LogP contribution in [0.5, 0.6) is 0 Å². The predicted octanol–water partition coefficient (Wildman–Crippen LogP) is 4.24. The molecule has 1 fully saturated rings. The Balaban J connectivity index is 1.73. The van der Waals surface area contributed by atoms with Gasteiger partial charge in [0, 0.05) is 19.0 Å². The molecule has 1 aromatic carbocycles. The summed E-state index contributed by atoms with van der Waals surface area (Å²) in [7, 11) is 0. The number of nitrogens with zero attached hydrogens (tertiary/aromatic N) is 2. The Labute approximate surface area is 145 Å². The number of rotatable bonds is 3. The highest BCUT2D eigenvalue weighted by molar-refractivity contribution is 5.90. The zero-order valence-electron chi connectivity index (χ0n) is 14.3. The number of urea groups is 1. The van der Waals surface area contributed by atoms with Crippen LogP contribution in [0.4, 0.5) is 19.3 Å². The van der Waals surface area contributed by atoms with Crippen LogP contribution in [0.2, 0.25) is 0 Å². The third kappa shape index (κ3) is 3.65. The molecule has 0 spiro atoms. The van der Waals surface area contributed by atoms with E-state index in [1.807, 2.05) is 6.92 Å². The largest absolute Gasteiger partial charge is 0.359 e. The number of carbonyl (C=O) groups excluding carboxylic acids is 1. The molecule has 7 heteroatoms. The zero-order chi connectivity index (χ0) is 18.0. The summed E-state index contributed by atoms with van der Waals surface area (Å²) in [6.07, 6.45) is 2.10. The minimum Gasteiger partial charge on any atom is -0.359 e. The number of hydrogen-bond donors (Lipinski definition) is 1. The first-order valence-corrected chi connectivity index (χ1v) is 8.45. The van der Waals surface area contributed by atoms with Crippen LogP contribution in [0.3, 0.4) is 0 Å². The van der Waals surface area contributed by atoms with Gasteiger partial charge in [-0.2, -0.15) is 0 Å². The first-order valence-electron chi connectivity index (χ1n) is 8.45. The predicted molar refractivity (Wildman–Crippen MR) is 89.5 cm³/mol. The van der Waals surface area contributed by atoms with Gasteiger partial charge >= 0.3 is 6.03 Å². The summed E-state index contributed by atoms with van der Waals surface area (Å²) in [6, 6.07) is 3.19. The summed E-state index contributed by atoms with van der Waals surface area (Å²) in [6.45, 7) is 4.59. The van der Waals surface area contributed by atoms with Crippen molar-refractivity contribution in [3.8, 4) is 0 Å². The number of hydrogen-bond acceptors (Lipinski definition) is 3. The lowest BCUT2D eigenvalue weighted by molar-refractivity contribution is 0.192. The van der Waals surface area contributed by atoms with E-state index >= 15 is 0 Å². The van der Waals surface area contributed by atoms with Crippen LogP contribution >= 0.6 is 0 Å².